The third kappa shape index (κ3) is 5.26. The van der Waals surface area contributed by atoms with Crippen LogP contribution in [0.5, 0.6) is 0 Å². The van der Waals surface area contributed by atoms with Gasteiger partial charge in [-0.3, -0.25) is 14.2 Å². The number of hydrogen-bond acceptors (Lipinski definition) is 6. The summed E-state index contributed by atoms with van der Waals surface area (Å²) in [6.07, 6.45) is 2.42. The summed E-state index contributed by atoms with van der Waals surface area (Å²) in [6, 6.07) is 12.6. The Kier molecular flexibility index (Phi) is 7.07. The molecule has 0 saturated carbocycles. The van der Waals surface area contributed by atoms with E-state index in [-0.39, 0.29) is 17.6 Å². The lowest BCUT2D eigenvalue weighted by Gasteiger charge is -2.14. The number of carbonyl (C=O) groups is 2. The number of furan rings is 1. The van der Waals surface area contributed by atoms with Crippen LogP contribution in [0.3, 0.4) is 0 Å². The van der Waals surface area contributed by atoms with Crippen molar-refractivity contribution in [2.24, 2.45) is 0 Å². The molecule has 29 heavy (non-hydrogen) atoms. The molecule has 152 valence electrons. The molecule has 0 bridgehead atoms. The highest BCUT2D eigenvalue weighted by atomic mass is 32.2. The lowest BCUT2D eigenvalue weighted by Crippen LogP contribution is -2.45. The van der Waals surface area contributed by atoms with E-state index >= 15 is 0 Å². The number of thioether (sulfide) groups is 1. The zero-order chi connectivity index (χ0) is 20.6. The Labute approximate surface area is 173 Å². The monoisotopic (exact) mass is 413 g/mol. The normalized spacial score (nSPS) is 11.8. The Morgan fingerprint density at radius 3 is 2.66 bits per heavy atom. The molecule has 0 aliphatic carbocycles. The van der Waals surface area contributed by atoms with Crippen LogP contribution >= 0.6 is 11.8 Å². The number of rotatable bonds is 9. The van der Waals surface area contributed by atoms with Crippen LogP contribution in [0.25, 0.3) is 17.3 Å². The summed E-state index contributed by atoms with van der Waals surface area (Å²) >= 11 is 1.24. The van der Waals surface area contributed by atoms with Crippen LogP contribution < -0.4 is 10.6 Å². The van der Waals surface area contributed by atoms with Crippen molar-refractivity contribution < 1.29 is 14.0 Å². The van der Waals surface area contributed by atoms with Gasteiger partial charge >= 0.3 is 0 Å². The van der Waals surface area contributed by atoms with Crippen LogP contribution in [0.15, 0.2) is 58.3 Å². The third-order valence-corrected chi connectivity index (χ3v) is 4.97. The van der Waals surface area contributed by atoms with Gasteiger partial charge in [-0.1, -0.05) is 36.9 Å². The molecule has 0 aliphatic heterocycles. The first-order valence-corrected chi connectivity index (χ1v) is 10.3. The fourth-order valence-electron chi connectivity index (χ4n) is 2.62. The highest BCUT2D eigenvalue weighted by Crippen LogP contribution is 2.28. The van der Waals surface area contributed by atoms with Gasteiger partial charge in [0.2, 0.25) is 17.6 Å². The van der Waals surface area contributed by atoms with Gasteiger partial charge < -0.3 is 15.1 Å². The first-order valence-electron chi connectivity index (χ1n) is 9.34. The molecule has 0 aliphatic rings. The van der Waals surface area contributed by atoms with Gasteiger partial charge in [0.1, 0.15) is 6.04 Å². The SMILES string of the molecule is CCCNC(=O)[C@@H](C)NC(=O)CSc1nnc(-c2ccco2)n1-c1ccccc1. The molecule has 3 rings (SSSR count). The van der Waals surface area contributed by atoms with Gasteiger partial charge in [0.15, 0.2) is 10.9 Å². The molecule has 1 aromatic carbocycles. The molecule has 0 saturated heterocycles. The topological polar surface area (TPSA) is 102 Å². The molecule has 0 fully saturated rings. The lowest BCUT2D eigenvalue weighted by atomic mass is 10.3. The average molecular weight is 414 g/mol. The third-order valence-electron chi connectivity index (χ3n) is 4.04. The smallest absolute Gasteiger partial charge is 0.242 e. The highest BCUT2D eigenvalue weighted by molar-refractivity contribution is 7.99. The maximum absolute atomic E-state index is 12.3. The second-order valence-corrected chi connectivity index (χ2v) is 7.27. The van der Waals surface area contributed by atoms with Crippen LogP contribution in [-0.4, -0.2) is 44.9 Å². The molecule has 2 N–H and O–H groups in total. The zero-order valence-electron chi connectivity index (χ0n) is 16.3. The van der Waals surface area contributed by atoms with Crippen LogP contribution in [0.1, 0.15) is 20.3 Å². The molecule has 0 radical (unpaired) electrons. The molecule has 3 aromatic rings. The standard InChI is InChI=1S/C20H23N5O3S/c1-3-11-21-19(27)14(2)22-17(26)13-29-20-24-23-18(16-10-7-12-28-16)25(20)15-8-5-4-6-9-15/h4-10,12,14H,3,11,13H2,1-2H3,(H,21,27)(H,22,26)/t14-/m1/s1. The van der Waals surface area contributed by atoms with Crippen molar-refractivity contribution in [3.8, 4) is 17.3 Å². The minimum atomic E-state index is -0.597. The van der Waals surface area contributed by atoms with Crippen LogP contribution in [0, 0.1) is 0 Å². The van der Waals surface area contributed by atoms with Crippen molar-refractivity contribution >= 4 is 23.6 Å². The predicted molar refractivity (Wildman–Crippen MR) is 111 cm³/mol. The van der Waals surface area contributed by atoms with Crippen molar-refractivity contribution in [1.29, 1.82) is 0 Å². The predicted octanol–water partition coefficient (Wildman–Crippen LogP) is 2.65. The first-order chi connectivity index (χ1) is 14.1. The summed E-state index contributed by atoms with van der Waals surface area (Å²) in [5.74, 6) is 0.790. The van der Waals surface area contributed by atoms with Crippen molar-refractivity contribution in [3.05, 3.63) is 48.7 Å². The van der Waals surface area contributed by atoms with E-state index < -0.39 is 6.04 Å². The maximum Gasteiger partial charge on any atom is 0.242 e. The number of amides is 2. The maximum atomic E-state index is 12.3. The van der Waals surface area contributed by atoms with Crippen molar-refractivity contribution in [3.63, 3.8) is 0 Å². The summed E-state index contributed by atoms with van der Waals surface area (Å²) in [4.78, 5) is 24.2. The van der Waals surface area contributed by atoms with Gasteiger partial charge in [-0.05, 0) is 37.6 Å². The lowest BCUT2D eigenvalue weighted by molar-refractivity contribution is -0.127. The van der Waals surface area contributed by atoms with Gasteiger partial charge in [0, 0.05) is 12.2 Å². The number of benzene rings is 1. The summed E-state index contributed by atoms with van der Waals surface area (Å²) in [6.45, 7) is 4.22. The summed E-state index contributed by atoms with van der Waals surface area (Å²) in [7, 11) is 0. The Bertz CT molecular complexity index is 940. The van der Waals surface area contributed by atoms with Gasteiger partial charge in [-0.15, -0.1) is 10.2 Å². The molecule has 9 heteroatoms. The Balaban J connectivity index is 1.71. The summed E-state index contributed by atoms with van der Waals surface area (Å²) < 4.78 is 7.32. The molecule has 0 spiro atoms. The van der Waals surface area contributed by atoms with E-state index in [9.17, 15) is 9.59 Å². The summed E-state index contributed by atoms with van der Waals surface area (Å²) in [5, 5.41) is 14.5. The highest BCUT2D eigenvalue weighted by Gasteiger charge is 2.20. The van der Waals surface area contributed by atoms with E-state index in [2.05, 4.69) is 20.8 Å². The molecule has 0 unspecified atom stereocenters. The minimum absolute atomic E-state index is 0.106. The minimum Gasteiger partial charge on any atom is -0.461 e. The number of nitrogens with one attached hydrogen (secondary N) is 2. The van der Waals surface area contributed by atoms with Crippen molar-refractivity contribution in [1.82, 2.24) is 25.4 Å². The molecule has 2 heterocycles. The van der Waals surface area contributed by atoms with Crippen LogP contribution in [-0.2, 0) is 9.59 Å². The fourth-order valence-corrected chi connectivity index (χ4v) is 3.38. The Morgan fingerprint density at radius 2 is 1.97 bits per heavy atom. The molecular weight excluding hydrogens is 390 g/mol. The molecule has 2 amide bonds. The quantitative estimate of drug-likeness (QED) is 0.523. The van der Waals surface area contributed by atoms with E-state index in [1.165, 1.54) is 11.8 Å². The van der Waals surface area contributed by atoms with Crippen molar-refractivity contribution in [2.75, 3.05) is 12.3 Å². The summed E-state index contributed by atoms with van der Waals surface area (Å²) in [5.41, 5.74) is 0.860. The van der Waals surface area contributed by atoms with E-state index in [1.54, 1.807) is 25.3 Å². The molecule has 2 aromatic heterocycles. The van der Waals surface area contributed by atoms with E-state index in [4.69, 9.17) is 4.42 Å². The van der Waals surface area contributed by atoms with Gasteiger partial charge in [0.25, 0.3) is 0 Å². The second-order valence-electron chi connectivity index (χ2n) is 6.32. The molecule has 8 nitrogen and oxygen atoms in total. The number of nitrogens with zero attached hydrogens (tertiary/aromatic N) is 3. The number of carbonyl (C=O) groups excluding carboxylic acids is 2. The van der Waals surface area contributed by atoms with Gasteiger partial charge in [-0.25, -0.2) is 0 Å². The molecular formula is C20H23N5O3S. The van der Waals surface area contributed by atoms with Crippen molar-refractivity contribution in [2.45, 2.75) is 31.5 Å². The number of hydrogen-bond donors (Lipinski definition) is 2. The zero-order valence-corrected chi connectivity index (χ0v) is 17.1. The average Bonchev–Trinajstić information content (AvgIpc) is 3.40. The van der Waals surface area contributed by atoms with Gasteiger partial charge in [-0.2, -0.15) is 0 Å². The number of para-hydroxylation sites is 1. The van der Waals surface area contributed by atoms with Crippen LogP contribution in [0.4, 0.5) is 0 Å². The van der Waals surface area contributed by atoms with E-state index in [0.717, 1.165) is 12.1 Å². The Morgan fingerprint density at radius 1 is 1.17 bits per heavy atom. The van der Waals surface area contributed by atoms with E-state index in [1.807, 2.05) is 41.8 Å². The van der Waals surface area contributed by atoms with Crippen LogP contribution in [0.2, 0.25) is 0 Å². The fraction of sp³-hybridized carbons (Fsp3) is 0.300. The second kappa shape index (κ2) is 9.92. The van der Waals surface area contributed by atoms with Gasteiger partial charge in [0.05, 0.1) is 12.0 Å². The largest absolute Gasteiger partial charge is 0.461 e. The Hall–Kier alpha value is -3.07. The molecule has 1 atom stereocenters. The van der Waals surface area contributed by atoms with E-state index in [0.29, 0.717) is 23.3 Å². The first kappa shape index (κ1) is 20.7. The number of aromatic nitrogens is 3.